The summed E-state index contributed by atoms with van der Waals surface area (Å²) in [6.45, 7) is 4.77. The molecule has 0 spiro atoms. The lowest BCUT2D eigenvalue weighted by Crippen LogP contribution is -2.15. The third-order valence-electron chi connectivity index (χ3n) is 1.81. The number of anilines is 1. The van der Waals surface area contributed by atoms with E-state index in [-0.39, 0.29) is 28.2 Å². The number of carbonyl (C=O) groups is 1. The smallest absolute Gasteiger partial charge is 0.358 e. The van der Waals surface area contributed by atoms with Crippen LogP contribution in [-0.4, -0.2) is 17.1 Å². The van der Waals surface area contributed by atoms with Crippen LogP contribution in [0.2, 0.25) is 5.02 Å². The molecule has 6 heteroatoms. The lowest BCUT2D eigenvalue weighted by molar-refractivity contribution is 0.0371. The minimum atomic E-state index is -0.717. The van der Waals surface area contributed by atoms with E-state index < -0.39 is 11.8 Å². The van der Waals surface area contributed by atoms with Crippen LogP contribution in [0.5, 0.6) is 0 Å². The Balaban J connectivity index is 3.20. The molecule has 1 aromatic rings. The lowest BCUT2D eigenvalue weighted by atomic mass is 10.2. The Morgan fingerprint density at radius 1 is 1.56 bits per heavy atom. The highest BCUT2D eigenvalue weighted by Gasteiger charge is 2.21. The van der Waals surface area contributed by atoms with Crippen LogP contribution in [0.1, 0.15) is 30.0 Å². The van der Waals surface area contributed by atoms with Crippen molar-refractivity contribution in [1.29, 1.82) is 0 Å². The maximum Gasteiger partial charge on any atom is 0.358 e. The Bertz CT molecular complexity index is 435. The first-order valence-corrected chi connectivity index (χ1v) is 5.04. The Hall–Kier alpha value is -1.36. The Morgan fingerprint density at radius 2 is 2.12 bits per heavy atom. The first-order valence-electron chi connectivity index (χ1n) is 4.66. The van der Waals surface area contributed by atoms with Crippen molar-refractivity contribution in [3.8, 4) is 0 Å². The molecule has 16 heavy (non-hydrogen) atoms. The van der Waals surface area contributed by atoms with Crippen molar-refractivity contribution in [1.82, 2.24) is 4.98 Å². The molecule has 0 saturated heterocycles. The van der Waals surface area contributed by atoms with E-state index in [0.717, 1.165) is 0 Å². The molecule has 0 aliphatic carbocycles. The van der Waals surface area contributed by atoms with Crippen molar-refractivity contribution in [3.63, 3.8) is 0 Å². The summed E-state index contributed by atoms with van der Waals surface area (Å²) in [6.07, 6.45) is -0.308. The predicted octanol–water partition coefficient (Wildman–Crippen LogP) is 2.33. The molecule has 1 heterocycles. The first-order chi connectivity index (χ1) is 7.34. The van der Waals surface area contributed by atoms with Gasteiger partial charge in [0, 0.05) is 0 Å². The number of rotatable bonds is 2. The number of nitrogens with zero attached hydrogens (tertiary/aromatic N) is 1. The summed E-state index contributed by atoms with van der Waals surface area (Å²) in [5, 5.41) is -0.214. The van der Waals surface area contributed by atoms with Crippen LogP contribution in [0.15, 0.2) is 0 Å². The molecule has 0 aliphatic heterocycles. The van der Waals surface area contributed by atoms with Gasteiger partial charge in [-0.05, 0) is 20.8 Å². The summed E-state index contributed by atoms with van der Waals surface area (Å²) >= 11 is 5.72. The SMILES string of the molecule is Cc1nc(C(=O)OC(C)C)c(Cl)c(N)c1F. The van der Waals surface area contributed by atoms with Crippen LogP contribution >= 0.6 is 11.6 Å². The first kappa shape index (κ1) is 12.7. The molecule has 0 amide bonds. The molecule has 4 nitrogen and oxygen atoms in total. The summed E-state index contributed by atoms with van der Waals surface area (Å²) in [7, 11) is 0. The fraction of sp³-hybridized carbons (Fsp3) is 0.400. The number of nitrogen functional groups attached to an aromatic ring is 1. The zero-order valence-corrected chi connectivity index (χ0v) is 9.93. The van der Waals surface area contributed by atoms with E-state index in [2.05, 4.69) is 4.98 Å². The van der Waals surface area contributed by atoms with E-state index in [1.165, 1.54) is 6.92 Å². The molecule has 0 bridgehead atoms. The molecule has 0 aromatic carbocycles. The van der Waals surface area contributed by atoms with Crippen LogP contribution in [0, 0.1) is 12.7 Å². The number of aromatic nitrogens is 1. The molecule has 0 unspecified atom stereocenters. The van der Waals surface area contributed by atoms with E-state index in [0.29, 0.717) is 0 Å². The highest BCUT2D eigenvalue weighted by Crippen LogP contribution is 2.27. The Labute approximate surface area is 97.6 Å². The Morgan fingerprint density at radius 3 is 2.62 bits per heavy atom. The number of halogens is 2. The van der Waals surface area contributed by atoms with Gasteiger partial charge in [-0.3, -0.25) is 0 Å². The molecule has 0 aliphatic rings. The van der Waals surface area contributed by atoms with Crippen molar-refractivity contribution in [2.75, 3.05) is 5.73 Å². The zero-order valence-electron chi connectivity index (χ0n) is 9.17. The third-order valence-corrected chi connectivity index (χ3v) is 2.20. The van der Waals surface area contributed by atoms with Crippen molar-refractivity contribution < 1.29 is 13.9 Å². The van der Waals surface area contributed by atoms with Gasteiger partial charge in [0.25, 0.3) is 0 Å². The second-order valence-corrected chi connectivity index (χ2v) is 3.92. The molecular weight excluding hydrogens is 235 g/mol. The summed E-state index contributed by atoms with van der Waals surface area (Å²) in [5.74, 6) is -1.43. The van der Waals surface area contributed by atoms with Crippen LogP contribution in [0.25, 0.3) is 0 Å². The molecule has 1 aromatic heterocycles. The average Bonchev–Trinajstić information content (AvgIpc) is 2.19. The van der Waals surface area contributed by atoms with Gasteiger partial charge in [0.15, 0.2) is 11.5 Å². The highest BCUT2D eigenvalue weighted by molar-refractivity contribution is 6.35. The molecule has 88 valence electrons. The molecule has 0 atom stereocenters. The molecule has 2 N–H and O–H groups in total. The van der Waals surface area contributed by atoms with E-state index in [1.54, 1.807) is 13.8 Å². The zero-order chi connectivity index (χ0) is 12.5. The normalized spacial score (nSPS) is 10.6. The maximum absolute atomic E-state index is 13.3. The number of nitrogens with two attached hydrogens (primary N) is 1. The number of hydrogen-bond donors (Lipinski definition) is 1. The topological polar surface area (TPSA) is 65.2 Å². The standard InChI is InChI=1S/C10H12ClFN2O2/c1-4(2)16-10(15)9-6(11)8(13)7(12)5(3)14-9/h4H,1-3H3,(H2,13,14). The van der Waals surface area contributed by atoms with Gasteiger partial charge in [-0.1, -0.05) is 11.6 Å². The van der Waals surface area contributed by atoms with Crippen LogP contribution in [0.4, 0.5) is 10.1 Å². The second-order valence-electron chi connectivity index (χ2n) is 3.54. The quantitative estimate of drug-likeness (QED) is 0.814. The number of pyridine rings is 1. The third kappa shape index (κ3) is 2.41. The van der Waals surface area contributed by atoms with Crippen molar-refractivity contribution in [2.24, 2.45) is 0 Å². The fourth-order valence-corrected chi connectivity index (χ4v) is 1.29. The van der Waals surface area contributed by atoms with Gasteiger partial charge < -0.3 is 10.5 Å². The van der Waals surface area contributed by atoms with Gasteiger partial charge in [0.2, 0.25) is 0 Å². The molecular formula is C10H12ClFN2O2. The van der Waals surface area contributed by atoms with Gasteiger partial charge in [-0.2, -0.15) is 0 Å². The second kappa shape index (κ2) is 4.65. The number of esters is 1. The van der Waals surface area contributed by atoms with Gasteiger partial charge in [-0.15, -0.1) is 0 Å². The van der Waals surface area contributed by atoms with E-state index in [1.807, 2.05) is 0 Å². The molecule has 0 radical (unpaired) electrons. The van der Waals surface area contributed by atoms with Gasteiger partial charge in [0.1, 0.15) is 0 Å². The maximum atomic E-state index is 13.3. The fourth-order valence-electron chi connectivity index (χ4n) is 1.09. The minimum Gasteiger partial charge on any atom is -0.458 e. The lowest BCUT2D eigenvalue weighted by Gasteiger charge is -2.11. The number of hydrogen-bond acceptors (Lipinski definition) is 4. The Kier molecular flexibility index (Phi) is 3.70. The van der Waals surface area contributed by atoms with Gasteiger partial charge >= 0.3 is 5.97 Å². The number of aryl methyl sites for hydroxylation is 1. The number of carbonyl (C=O) groups excluding carboxylic acids is 1. The van der Waals surface area contributed by atoms with Crippen LogP contribution < -0.4 is 5.73 Å². The van der Waals surface area contributed by atoms with Crippen molar-refractivity contribution in [3.05, 3.63) is 22.2 Å². The minimum absolute atomic E-state index is 0.0117. The van der Waals surface area contributed by atoms with Gasteiger partial charge in [-0.25, -0.2) is 14.2 Å². The monoisotopic (exact) mass is 246 g/mol. The average molecular weight is 247 g/mol. The van der Waals surface area contributed by atoms with Crippen LogP contribution in [0.3, 0.4) is 0 Å². The van der Waals surface area contributed by atoms with Gasteiger partial charge in [0.05, 0.1) is 22.5 Å². The van der Waals surface area contributed by atoms with E-state index in [9.17, 15) is 9.18 Å². The summed E-state index contributed by atoms with van der Waals surface area (Å²) < 4.78 is 18.2. The summed E-state index contributed by atoms with van der Waals surface area (Å²) in [4.78, 5) is 15.3. The van der Waals surface area contributed by atoms with E-state index >= 15 is 0 Å². The van der Waals surface area contributed by atoms with Crippen molar-refractivity contribution in [2.45, 2.75) is 26.9 Å². The van der Waals surface area contributed by atoms with E-state index in [4.69, 9.17) is 22.1 Å². The van der Waals surface area contributed by atoms with Crippen LogP contribution in [-0.2, 0) is 4.74 Å². The molecule has 0 fully saturated rings. The predicted molar refractivity (Wildman–Crippen MR) is 58.9 cm³/mol. The summed E-state index contributed by atoms with van der Waals surface area (Å²) in [5.41, 5.74) is 4.96. The highest BCUT2D eigenvalue weighted by atomic mass is 35.5. The largest absolute Gasteiger partial charge is 0.458 e. The van der Waals surface area contributed by atoms with Crippen molar-refractivity contribution >= 4 is 23.3 Å². The number of ether oxygens (including phenoxy) is 1. The molecule has 0 saturated carbocycles. The molecule has 1 rings (SSSR count). The summed E-state index contributed by atoms with van der Waals surface area (Å²) in [6, 6.07) is 0.